The number of amides is 1. The predicted octanol–water partition coefficient (Wildman–Crippen LogP) is -2.98. The van der Waals surface area contributed by atoms with Crippen LogP contribution >= 0.6 is 11.8 Å². The molecular weight excluding hydrogens is 406 g/mol. The molecule has 0 saturated carbocycles. The summed E-state index contributed by atoms with van der Waals surface area (Å²) in [5, 5.41) is 50.1. The highest BCUT2D eigenvalue weighted by Crippen LogP contribution is 2.26. The first-order valence-electron chi connectivity index (χ1n) is 7.78. The van der Waals surface area contributed by atoms with Gasteiger partial charge in [-0.3, -0.25) is 14.1 Å². The highest BCUT2D eigenvalue weighted by Gasteiger charge is 2.58. The van der Waals surface area contributed by atoms with Crippen molar-refractivity contribution in [3.05, 3.63) is 12.7 Å². The SMILES string of the molecule is C=CC(=O)NCCCSCCC(=O)[C@H](O)[C@@](O)([C@@H](O)[C@H](O)CO)S(=O)(=O)O. The van der Waals surface area contributed by atoms with Gasteiger partial charge in [0.25, 0.3) is 4.93 Å². The molecule has 158 valence electrons. The number of carbonyl (C=O) groups is 2. The van der Waals surface area contributed by atoms with Gasteiger partial charge in [0.15, 0.2) is 11.9 Å². The summed E-state index contributed by atoms with van der Waals surface area (Å²) in [6.07, 6.45) is -6.46. The molecule has 13 heteroatoms. The first-order chi connectivity index (χ1) is 12.4. The number of aliphatic hydroxyl groups excluding tert-OH is 4. The summed E-state index contributed by atoms with van der Waals surface area (Å²) in [4.78, 5) is 19.1. The van der Waals surface area contributed by atoms with Gasteiger partial charge in [-0.05, 0) is 18.2 Å². The van der Waals surface area contributed by atoms with Crippen LogP contribution in [0.15, 0.2) is 12.7 Å². The van der Waals surface area contributed by atoms with E-state index in [0.29, 0.717) is 18.7 Å². The third-order valence-electron chi connectivity index (χ3n) is 3.53. The molecule has 0 aromatic rings. The summed E-state index contributed by atoms with van der Waals surface area (Å²) < 4.78 is 31.9. The van der Waals surface area contributed by atoms with E-state index in [9.17, 15) is 38.4 Å². The summed E-state index contributed by atoms with van der Waals surface area (Å²) in [6.45, 7) is 2.46. The Morgan fingerprint density at radius 2 is 1.81 bits per heavy atom. The van der Waals surface area contributed by atoms with Crippen molar-refractivity contribution in [2.24, 2.45) is 0 Å². The fourth-order valence-electron chi connectivity index (χ4n) is 1.93. The van der Waals surface area contributed by atoms with E-state index in [1.165, 1.54) is 11.8 Å². The third-order valence-corrected chi connectivity index (χ3v) is 5.89. The second-order valence-electron chi connectivity index (χ2n) is 5.50. The average Bonchev–Trinajstić information content (AvgIpc) is 2.62. The molecule has 0 heterocycles. The van der Waals surface area contributed by atoms with Crippen molar-refractivity contribution in [1.82, 2.24) is 5.32 Å². The lowest BCUT2D eigenvalue weighted by atomic mass is 9.98. The van der Waals surface area contributed by atoms with E-state index in [2.05, 4.69) is 11.9 Å². The zero-order valence-electron chi connectivity index (χ0n) is 14.4. The molecule has 0 spiro atoms. The lowest BCUT2D eigenvalue weighted by molar-refractivity contribution is -0.159. The van der Waals surface area contributed by atoms with E-state index in [-0.39, 0.29) is 11.7 Å². The number of thioether (sulfide) groups is 1. The largest absolute Gasteiger partial charge is 0.394 e. The number of nitrogens with one attached hydrogen (secondary N) is 1. The Labute approximate surface area is 160 Å². The molecule has 0 aliphatic rings. The Balaban J connectivity index is 4.69. The minimum Gasteiger partial charge on any atom is -0.394 e. The summed E-state index contributed by atoms with van der Waals surface area (Å²) in [6, 6.07) is 0. The number of hydrogen-bond donors (Lipinski definition) is 7. The molecule has 0 aliphatic heterocycles. The molecule has 0 bridgehead atoms. The van der Waals surface area contributed by atoms with E-state index in [4.69, 9.17) is 9.66 Å². The molecule has 0 unspecified atom stereocenters. The van der Waals surface area contributed by atoms with E-state index >= 15 is 0 Å². The van der Waals surface area contributed by atoms with Gasteiger partial charge in [-0.2, -0.15) is 20.2 Å². The van der Waals surface area contributed by atoms with Gasteiger partial charge < -0.3 is 30.8 Å². The second-order valence-corrected chi connectivity index (χ2v) is 8.33. The fourth-order valence-corrected chi connectivity index (χ4v) is 3.71. The summed E-state index contributed by atoms with van der Waals surface area (Å²) in [5.74, 6) is -0.890. The molecule has 11 nitrogen and oxygen atoms in total. The van der Waals surface area contributed by atoms with Crippen molar-refractivity contribution in [1.29, 1.82) is 0 Å². The van der Waals surface area contributed by atoms with E-state index in [0.717, 1.165) is 6.08 Å². The molecule has 7 N–H and O–H groups in total. The van der Waals surface area contributed by atoms with Crippen molar-refractivity contribution >= 4 is 33.6 Å². The van der Waals surface area contributed by atoms with Crippen molar-refractivity contribution in [2.45, 2.75) is 36.1 Å². The topological polar surface area (TPSA) is 202 Å². The van der Waals surface area contributed by atoms with Gasteiger partial charge >= 0.3 is 10.1 Å². The Bertz CT molecular complexity index is 611. The Morgan fingerprint density at radius 1 is 1.22 bits per heavy atom. The molecule has 27 heavy (non-hydrogen) atoms. The van der Waals surface area contributed by atoms with Crippen LogP contribution in [-0.4, -0.2) is 98.1 Å². The number of aliphatic hydroxyl groups is 5. The lowest BCUT2D eigenvalue weighted by Crippen LogP contribution is -2.64. The Morgan fingerprint density at radius 3 is 2.30 bits per heavy atom. The van der Waals surface area contributed by atoms with E-state index in [1.54, 1.807) is 0 Å². The maximum absolute atomic E-state index is 11.9. The first kappa shape index (κ1) is 25.9. The van der Waals surface area contributed by atoms with Crippen LogP contribution in [0.4, 0.5) is 0 Å². The maximum Gasteiger partial charge on any atom is 0.301 e. The summed E-state index contributed by atoms with van der Waals surface area (Å²) in [5.41, 5.74) is 0. The molecule has 0 aromatic carbocycles. The van der Waals surface area contributed by atoms with Gasteiger partial charge in [-0.1, -0.05) is 6.58 Å². The molecule has 0 radical (unpaired) electrons. The molecule has 0 saturated heterocycles. The zero-order chi connectivity index (χ0) is 21.3. The zero-order valence-corrected chi connectivity index (χ0v) is 16.0. The lowest BCUT2D eigenvalue weighted by Gasteiger charge is -2.34. The molecule has 0 aliphatic carbocycles. The van der Waals surface area contributed by atoms with Crippen LogP contribution in [0.2, 0.25) is 0 Å². The summed E-state index contributed by atoms with van der Waals surface area (Å²) in [7, 11) is -5.61. The molecule has 1 amide bonds. The second kappa shape index (κ2) is 11.7. The normalized spacial score (nSPS) is 17.4. The van der Waals surface area contributed by atoms with E-state index in [1.807, 2.05) is 0 Å². The molecule has 4 atom stereocenters. The number of ketones is 1. The van der Waals surface area contributed by atoms with Crippen LogP contribution in [0.5, 0.6) is 0 Å². The van der Waals surface area contributed by atoms with Crippen LogP contribution < -0.4 is 5.32 Å². The van der Waals surface area contributed by atoms with Gasteiger partial charge in [0.1, 0.15) is 12.2 Å². The fraction of sp³-hybridized carbons (Fsp3) is 0.714. The minimum absolute atomic E-state index is 0.117. The average molecular weight is 431 g/mol. The van der Waals surface area contributed by atoms with E-state index < -0.39 is 52.2 Å². The Kier molecular flexibility index (Phi) is 11.2. The highest BCUT2D eigenvalue weighted by molar-refractivity contribution is 7.99. The van der Waals surface area contributed by atoms with Gasteiger partial charge in [-0.25, -0.2) is 0 Å². The van der Waals surface area contributed by atoms with Gasteiger partial charge in [-0.15, -0.1) is 0 Å². The molecule has 0 rings (SSSR count). The number of hydrogen-bond acceptors (Lipinski definition) is 10. The van der Waals surface area contributed by atoms with Crippen molar-refractivity contribution < 1.29 is 48.1 Å². The van der Waals surface area contributed by atoms with Gasteiger partial charge in [0, 0.05) is 18.7 Å². The smallest absolute Gasteiger partial charge is 0.301 e. The summed E-state index contributed by atoms with van der Waals surface area (Å²) >= 11 is 1.24. The van der Waals surface area contributed by atoms with Crippen LogP contribution in [0.25, 0.3) is 0 Å². The van der Waals surface area contributed by atoms with Crippen molar-refractivity contribution in [3.8, 4) is 0 Å². The van der Waals surface area contributed by atoms with Crippen molar-refractivity contribution in [2.75, 3.05) is 24.7 Å². The molecular formula is C14H25NO10S2. The molecule has 0 fully saturated rings. The van der Waals surface area contributed by atoms with Crippen LogP contribution in [0, 0.1) is 0 Å². The third kappa shape index (κ3) is 7.46. The maximum atomic E-state index is 11.9. The monoisotopic (exact) mass is 431 g/mol. The number of rotatable bonds is 14. The predicted molar refractivity (Wildman–Crippen MR) is 96.4 cm³/mol. The number of Topliss-reactive ketones (excluding diaryl/α,β-unsaturated/α-hetero) is 1. The van der Waals surface area contributed by atoms with Gasteiger partial charge in [0.2, 0.25) is 5.91 Å². The van der Waals surface area contributed by atoms with Crippen molar-refractivity contribution in [3.63, 3.8) is 0 Å². The van der Waals surface area contributed by atoms with Gasteiger partial charge in [0.05, 0.1) is 6.61 Å². The molecule has 0 aromatic heterocycles. The number of carbonyl (C=O) groups excluding carboxylic acids is 2. The van der Waals surface area contributed by atoms with Crippen LogP contribution in [0.1, 0.15) is 12.8 Å². The minimum atomic E-state index is -5.61. The van der Waals surface area contributed by atoms with Crippen LogP contribution in [-0.2, 0) is 19.7 Å². The quantitative estimate of drug-likeness (QED) is 0.0840. The van der Waals surface area contributed by atoms with Crippen LogP contribution in [0.3, 0.4) is 0 Å². The standard InChI is InChI=1S/C14H25NO10S2/c1-2-11(19)15-5-3-6-26-7-4-9(17)12(20)14(22,27(23,24)25)13(21)10(18)8-16/h2,10,12-13,16,18,20-22H,1,3-8H2,(H,15,19)(H,23,24,25)/t10-,12+,13+,14+/m1/s1. The first-order valence-corrected chi connectivity index (χ1v) is 10.4. The highest BCUT2D eigenvalue weighted by atomic mass is 32.2. The Hall–Kier alpha value is -1.06.